The number of sulfonamides is 1. The van der Waals surface area contributed by atoms with Crippen LogP contribution in [0.3, 0.4) is 0 Å². The van der Waals surface area contributed by atoms with Crippen molar-refractivity contribution in [1.82, 2.24) is 0 Å². The van der Waals surface area contributed by atoms with Gasteiger partial charge in [-0.25, -0.2) is 8.42 Å². The zero-order valence-electron chi connectivity index (χ0n) is 9.57. The first-order valence-corrected chi connectivity index (χ1v) is 7.00. The van der Waals surface area contributed by atoms with Crippen molar-refractivity contribution in [3.05, 3.63) is 28.8 Å². The summed E-state index contributed by atoms with van der Waals surface area (Å²) in [5.41, 5.74) is 1.23. The second kappa shape index (κ2) is 5.39. The first-order valence-electron chi connectivity index (χ1n) is 5.08. The molecule has 0 aliphatic heterocycles. The Kier molecular flexibility index (Phi) is 4.38. The number of rotatable bonds is 4. The van der Waals surface area contributed by atoms with Crippen molar-refractivity contribution in [1.29, 1.82) is 5.26 Å². The topological polar surface area (TPSA) is 70.0 Å². The number of aryl methyl sites for hydroxylation is 1. The molecule has 1 unspecified atom stereocenters. The Morgan fingerprint density at radius 2 is 2.18 bits per heavy atom. The first kappa shape index (κ1) is 13.8. The highest BCUT2D eigenvalue weighted by atomic mass is 35.5. The summed E-state index contributed by atoms with van der Waals surface area (Å²) in [6.45, 7) is 3.50. The molecular weight excluding hydrogens is 260 g/mol. The molecule has 0 aliphatic carbocycles. The van der Waals surface area contributed by atoms with E-state index < -0.39 is 15.3 Å². The van der Waals surface area contributed by atoms with Crippen molar-refractivity contribution < 1.29 is 8.42 Å². The molecule has 0 aromatic heterocycles. The lowest BCUT2D eigenvalue weighted by Crippen LogP contribution is -2.26. The molecule has 0 fully saturated rings. The number of hydrogen-bond donors (Lipinski definition) is 1. The summed E-state index contributed by atoms with van der Waals surface area (Å²) in [4.78, 5) is 0. The lowest BCUT2D eigenvalue weighted by molar-refractivity contribution is 0.593. The van der Waals surface area contributed by atoms with E-state index >= 15 is 0 Å². The van der Waals surface area contributed by atoms with Crippen LogP contribution in [0.25, 0.3) is 0 Å². The molecule has 0 saturated carbocycles. The van der Waals surface area contributed by atoms with E-state index in [1.165, 1.54) is 0 Å². The number of nitriles is 1. The number of anilines is 1. The SMILES string of the molecule is CCC(C#N)S(=O)(=O)Nc1ccc(C)cc1Cl. The Balaban J connectivity index is 3.03. The third-order valence-electron chi connectivity index (χ3n) is 2.27. The molecule has 1 atom stereocenters. The zero-order chi connectivity index (χ0) is 13.1. The van der Waals surface area contributed by atoms with E-state index in [9.17, 15) is 8.42 Å². The van der Waals surface area contributed by atoms with Crippen molar-refractivity contribution in [2.75, 3.05) is 4.72 Å². The number of nitrogens with zero attached hydrogens (tertiary/aromatic N) is 1. The quantitative estimate of drug-likeness (QED) is 0.916. The van der Waals surface area contributed by atoms with Crippen molar-refractivity contribution in [2.45, 2.75) is 25.5 Å². The molecule has 0 saturated heterocycles. The maximum absolute atomic E-state index is 11.8. The summed E-state index contributed by atoms with van der Waals surface area (Å²) in [6, 6.07) is 6.74. The van der Waals surface area contributed by atoms with E-state index in [-0.39, 0.29) is 6.42 Å². The van der Waals surface area contributed by atoms with Gasteiger partial charge in [0.1, 0.15) is 0 Å². The third kappa shape index (κ3) is 3.35. The fourth-order valence-electron chi connectivity index (χ4n) is 1.31. The van der Waals surface area contributed by atoms with Crippen molar-refractivity contribution in [2.24, 2.45) is 0 Å². The summed E-state index contributed by atoms with van der Waals surface area (Å²) in [5, 5.41) is 8.00. The second-order valence-electron chi connectivity index (χ2n) is 3.66. The molecule has 1 aromatic carbocycles. The predicted molar refractivity (Wildman–Crippen MR) is 68.4 cm³/mol. The molecule has 1 aromatic rings. The zero-order valence-corrected chi connectivity index (χ0v) is 11.1. The number of halogens is 1. The van der Waals surface area contributed by atoms with Crippen LogP contribution in [-0.4, -0.2) is 13.7 Å². The Hall–Kier alpha value is -1.25. The van der Waals surface area contributed by atoms with Gasteiger partial charge in [-0.05, 0) is 31.0 Å². The highest BCUT2D eigenvalue weighted by molar-refractivity contribution is 7.93. The van der Waals surface area contributed by atoms with E-state index in [1.807, 2.05) is 6.92 Å². The summed E-state index contributed by atoms with van der Waals surface area (Å²) in [7, 11) is -3.71. The molecule has 0 spiro atoms. The largest absolute Gasteiger partial charge is 0.281 e. The molecule has 4 nitrogen and oxygen atoms in total. The van der Waals surface area contributed by atoms with E-state index in [1.54, 1.807) is 31.2 Å². The van der Waals surface area contributed by atoms with Gasteiger partial charge in [-0.3, -0.25) is 4.72 Å². The van der Waals surface area contributed by atoms with Crippen molar-refractivity contribution in [3.8, 4) is 6.07 Å². The standard InChI is InChI=1S/C11H13ClN2O2S/c1-3-9(7-13)17(15,16)14-11-5-4-8(2)6-10(11)12/h4-6,9,14H,3H2,1-2H3. The van der Waals surface area contributed by atoms with E-state index in [4.69, 9.17) is 16.9 Å². The van der Waals surface area contributed by atoms with Crippen molar-refractivity contribution in [3.63, 3.8) is 0 Å². The van der Waals surface area contributed by atoms with Gasteiger partial charge in [0, 0.05) is 0 Å². The van der Waals surface area contributed by atoms with Gasteiger partial charge in [0.2, 0.25) is 10.0 Å². The van der Waals surface area contributed by atoms with Crippen LogP contribution in [0.5, 0.6) is 0 Å². The lowest BCUT2D eigenvalue weighted by Gasteiger charge is -2.12. The Labute approximate surface area is 106 Å². The van der Waals surface area contributed by atoms with Crippen molar-refractivity contribution >= 4 is 27.3 Å². The van der Waals surface area contributed by atoms with Gasteiger partial charge in [0.15, 0.2) is 5.25 Å². The van der Waals surface area contributed by atoms with Crippen LogP contribution in [0.2, 0.25) is 5.02 Å². The second-order valence-corrected chi connectivity index (χ2v) is 5.93. The fourth-order valence-corrected chi connectivity index (χ4v) is 2.85. The van der Waals surface area contributed by atoms with Crippen LogP contribution in [0, 0.1) is 18.3 Å². The molecule has 6 heteroatoms. The average Bonchev–Trinajstić information content (AvgIpc) is 2.23. The van der Waals surface area contributed by atoms with Gasteiger partial charge in [-0.2, -0.15) is 5.26 Å². The molecular formula is C11H13ClN2O2S. The monoisotopic (exact) mass is 272 g/mol. The molecule has 0 bridgehead atoms. The Morgan fingerprint density at radius 3 is 2.65 bits per heavy atom. The highest BCUT2D eigenvalue weighted by Crippen LogP contribution is 2.24. The summed E-state index contributed by atoms with van der Waals surface area (Å²) in [6.07, 6.45) is 0.231. The van der Waals surface area contributed by atoms with E-state index in [2.05, 4.69) is 4.72 Å². The lowest BCUT2D eigenvalue weighted by atomic mass is 10.2. The Morgan fingerprint density at radius 1 is 1.53 bits per heavy atom. The van der Waals surface area contributed by atoms with Crippen LogP contribution in [0.15, 0.2) is 18.2 Å². The van der Waals surface area contributed by atoms with Gasteiger partial charge in [0.05, 0.1) is 16.8 Å². The van der Waals surface area contributed by atoms with Gasteiger partial charge < -0.3 is 0 Å². The van der Waals surface area contributed by atoms with E-state index in [0.717, 1.165) is 5.56 Å². The number of nitrogens with one attached hydrogen (secondary N) is 1. The molecule has 1 rings (SSSR count). The smallest absolute Gasteiger partial charge is 0.249 e. The molecule has 0 radical (unpaired) electrons. The van der Waals surface area contributed by atoms with Crippen LogP contribution in [-0.2, 0) is 10.0 Å². The maximum Gasteiger partial charge on any atom is 0.249 e. The van der Waals surface area contributed by atoms with Gasteiger partial charge in [-0.1, -0.05) is 24.6 Å². The average molecular weight is 273 g/mol. The summed E-state index contributed by atoms with van der Waals surface area (Å²) < 4.78 is 25.9. The van der Waals surface area contributed by atoms with Crippen LogP contribution >= 0.6 is 11.6 Å². The third-order valence-corrected chi connectivity index (χ3v) is 4.27. The maximum atomic E-state index is 11.8. The van der Waals surface area contributed by atoms with Crippen LogP contribution < -0.4 is 4.72 Å². The minimum atomic E-state index is -3.71. The summed E-state index contributed by atoms with van der Waals surface area (Å²) >= 11 is 5.92. The number of benzene rings is 1. The molecule has 0 aliphatic rings. The Bertz CT molecular complexity index is 549. The highest BCUT2D eigenvalue weighted by Gasteiger charge is 2.23. The van der Waals surface area contributed by atoms with Gasteiger partial charge in [0.25, 0.3) is 0 Å². The normalized spacial score (nSPS) is 12.8. The fraction of sp³-hybridized carbons (Fsp3) is 0.364. The van der Waals surface area contributed by atoms with Gasteiger partial charge in [-0.15, -0.1) is 0 Å². The van der Waals surface area contributed by atoms with E-state index in [0.29, 0.717) is 10.7 Å². The molecule has 1 N–H and O–H groups in total. The molecule has 0 heterocycles. The predicted octanol–water partition coefficient (Wildman–Crippen LogP) is 2.69. The molecule has 92 valence electrons. The van der Waals surface area contributed by atoms with Gasteiger partial charge >= 0.3 is 0 Å². The number of hydrogen-bond acceptors (Lipinski definition) is 3. The first-order chi connectivity index (χ1) is 7.90. The minimum Gasteiger partial charge on any atom is -0.281 e. The minimum absolute atomic E-state index is 0.231. The molecule has 0 amide bonds. The van der Waals surface area contributed by atoms with Crippen LogP contribution in [0.4, 0.5) is 5.69 Å². The molecule has 17 heavy (non-hydrogen) atoms. The summed E-state index contributed by atoms with van der Waals surface area (Å²) in [5.74, 6) is 0. The van der Waals surface area contributed by atoms with Crippen LogP contribution in [0.1, 0.15) is 18.9 Å².